The third-order valence-corrected chi connectivity index (χ3v) is 0. The Kier molecular flexibility index (Phi) is 674. The first kappa shape index (κ1) is 93.5. The Hall–Kier alpha value is 8.34. The molecule has 0 bridgehead atoms. The van der Waals surface area contributed by atoms with Crippen molar-refractivity contribution in [1.82, 2.24) is 0 Å². The summed E-state index contributed by atoms with van der Waals surface area (Å²) in [6, 6.07) is 0. The van der Waals surface area contributed by atoms with Gasteiger partial charge in [0.15, 0.2) is 0 Å². The first-order chi connectivity index (χ1) is 0. The van der Waals surface area contributed by atoms with Crippen molar-refractivity contribution in [2.24, 2.45) is 0 Å². The Morgan fingerprint density at radius 2 is 1.00 bits per heavy atom. The second-order valence-corrected chi connectivity index (χ2v) is 0. The van der Waals surface area contributed by atoms with Gasteiger partial charge in [0.2, 0.25) is 0 Å². The molecule has 0 heterocycles. The van der Waals surface area contributed by atoms with Gasteiger partial charge in [-0.1, -0.05) is 0 Å². The van der Waals surface area contributed by atoms with E-state index in [9.17, 15) is 0 Å². The summed E-state index contributed by atoms with van der Waals surface area (Å²) in [7, 11) is 0. The van der Waals surface area contributed by atoms with E-state index >= 15 is 0 Å². The molecule has 0 saturated carbocycles. The van der Waals surface area contributed by atoms with Crippen molar-refractivity contribution in [3.05, 3.63) is 0 Å². The molecule has 0 rings (SSSR count). The van der Waals surface area contributed by atoms with Gasteiger partial charge in [-0.25, -0.2) is 0 Å². The normalized spacial score (nSPS) is 0. The van der Waals surface area contributed by atoms with E-state index in [4.69, 9.17) is 0 Å². The van der Waals surface area contributed by atoms with E-state index < -0.39 is 0 Å². The minimum absolute atomic E-state index is 0. The molecule has 0 N–H and O–H groups in total. The predicted molar refractivity (Wildman–Crippen MR) is 23.0 cm³/mol. The maximum absolute atomic E-state index is 0. The number of hydrogen-bond donors (Lipinski definition) is 0. The molecule has 0 saturated heterocycles. The van der Waals surface area contributed by atoms with E-state index in [1.165, 1.54) is 0 Å². The molecule has 13 radical (unpaired) electrons. The number of rotatable bonds is 0. The van der Waals surface area contributed by atoms with E-state index in [-0.39, 0.29) is 259 Å². The van der Waals surface area contributed by atoms with Crippen molar-refractivity contribution in [2.45, 2.75) is 0 Å². The van der Waals surface area contributed by atoms with Crippen LogP contribution in [0.15, 0.2) is 0 Å². The summed E-state index contributed by atoms with van der Waals surface area (Å²) in [6.07, 6.45) is 0. The Morgan fingerprint density at radius 1 is 1.00 bits per heavy atom. The quantitative estimate of drug-likeness (QED) is 0.259. The topological polar surface area (TPSA) is 0 Å². The third-order valence-electron chi connectivity index (χ3n) is 0. The van der Waals surface area contributed by atoms with E-state index in [0.29, 0.717) is 0 Å². The zero-order valence-electron chi connectivity index (χ0n) is 5.51. The predicted octanol–water partition coefficient (Wildman–Crippen LogP) is -1.54. The van der Waals surface area contributed by atoms with Crippen molar-refractivity contribution in [1.29, 1.82) is 0 Å². The SMILES string of the molecule is [Ag].[As].[Ba].[Cd].[Cr].[Cu].[Hg].[Ni].[Pb].[Se].[Zn]. The fourth-order valence-electron chi connectivity index (χ4n) is 0. The first-order valence-corrected chi connectivity index (χ1v) is 0. The molecule has 0 aliphatic heterocycles. The second-order valence-electron chi connectivity index (χ2n) is 0. The van der Waals surface area contributed by atoms with Crippen LogP contribution in [-0.4, -0.2) is 111 Å². The van der Waals surface area contributed by atoms with Crippen LogP contribution < -0.4 is 0 Å². The van der Waals surface area contributed by atoms with Crippen LogP contribution >= 0.6 is 0 Å². The van der Waals surface area contributed by atoms with Crippen LogP contribution in [0, 0.1) is 0 Å². The molecule has 0 fully saturated rings. The zero-order valence-corrected chi connectivity index (χ0v) is 34.6. The Balaban J connectivity index is 0. The zero-order chi connectivity index (χ0) is 0. The molecule has 11 heteroatoms. The summed E-state index contributed by atoms with van der Waals surface area (Å²) < 4.78 is 0. The van der Waals surface area contributed by atoms with Gasteiger partial charge >= 0.3 is 0 Å². The summed E-state index contributed by atoms with van der Waals surface area (Å²) in [5.41, 5.74) is 0. The van der Waals surface area contributed by atoms with Gasteiger partial charge in [0.05, 0.1) is 0 Å². The largest absolute Gasteiger partial charge is 0 e. The smallest absolute Gasteiger partial charge is 0 e. The standard InChI is InChI=1S/Ag.As.Ba.Cd.Cr.Cu.Hg.Ni.Pb.Se.Zn. The average Bonchev–Trinajstić information content (AvgIpc) is 0. The molecule has 0 unspecified atom stereocenters. The van der Waals surface area contributed by atoms with E-state index in [0.717, 1.165) is 0 Å². The summed E-state index contributed by atoms with van der Waals surface area (Å²) in [5.74, 6) is 0. The molecule has 0 nitrogen and oxygen atoms in total. The summed E-state index contributed by atoms with van der Waals surface area (Å²) >= 11 is 0. The van der Waals surface area contributed by atoms with Gasteiger partial charge in [0.25, 0.3) is 0 Å². The fraction of sp³-hybridized carbons (Fsp3) is 0. The van der Waals surface area contributed by atoms with Crippen LogP contribution in [0.25, 0.3) is 0 Å². The van der Waals surface area contributed by atoms with E-state index in [2.05, 4.69) is 0 Å². The fourth-order valence-corrected chi connectivity index (χ4v) is 0. The third kappa shape index (κ3) is 70.4. The van der Waals surface area contributed by atoms with Gasteiger partial charge in [-0.3, -0.25) is 0 Å². The van der Waals surface area contributed by atoms with Gasteiger partial charge in [-0.2, -0.15) is 0 Å². The molecule has 0 aromatic heterocycles. The van der Waals surface area contributed by atoms with Gasteiger partial charge in [0.1, 0.15) is 0 Å². The molecule has 61 valence electrons. The molecule has 11 heavy (non-hydrogen) atoms. The van der Waals surface area contributed by atoms with Crippen LogP contribution in [0.2, 0.25) is 0 Å². The maximum Gasteiger partial charge on any atom is 0 e. The van der Waals surface area contributed by atoms with Crippen molar-refractivity contribution in [3.63, 3.8) is 0 Å². The Morgan fingerprint density at radius 3 is 1.00 bits per heavy atom. The molecule has 0 aromatic rings. The van der Waals surface area contributed by atoms with Gasteiger partial charge < -0.3 is 0 Å². The van der Waals surface area contributed by atoms with Crippen molar-refractivity contribution >= 4 is 111 Å². The van der Waals surface area contributed by atoms with Crippen LogP contribution in [0.4, 0.5) is 0 Å². The van der Waals surface area contributed by atoms with Crippen molar-refractivity contribution in [2.75, 3.05) is 0 Å². The molecule has 0 aliphatic carbocycles. The molecule has 0 spiro atoms. The van der Waals surface area contributed by atoms with Gasteiger partial charge in [-0.05, 0) is 0 Å². The van der Waals surface area contributed by atoms with Crippen molar-refractivity contribution < 1.29 is 148 Å². The van der Waals surface area contributed by atoms with E-state index in [1.807, 2.05) is 0 Å². The summed E-state index contributed by atoms with van der Waals surface area (Å²) in [5, 5.41) is 0. The van der Waals surface area contributed by atoms with Crippen LogP contribution in [0.3, 0.4) is 0 Å². The summed E-state index contributed by atoms with van der Waals surface area (Å²) in [4.78, 5) is 0. The molecule has 0 aromatic carbocycles. The van der Waals surface area contributed by atoms with Gasteiger partial charge in [0, 0.05) is 259 Å². The minimum Gasteiger partial charge on any atom is 0 e. The van der Waals surface area contributed by atoms with Crippen LogP contribution in [0.1, 0.15) is 0 Å². The molecule has 0 amide bonds. The van der Waals surface area contributed by atoms with Crippen molar-refractivity contribution in [3.8, 4) is 0 Å². The van der Waals surface area contributed by atoms with Gasteiger partial charge in [-0.15, -0.1) is 0 Å². The Labute approximate surface area is 251 Å². The average molecular weight is 1160 g/mol. The summed E-state index contributed by atoms with van der Waals surface area (Å²) in [6.45, 7) is 0. The van der Waals surface area contributed by atoms with E-state index in [1.54, 1.807) is 0 Å². The molecular formula is AgAsBaCdCrCuHgNiPbSeZn. The van der Waals surface area contributed by atoms with Crippen LogP contribution in [0.5, 0.6) is 0 Å². The number of hydrogen-bond acceptors (Lipinski definition) is 0. The maximum atomic E-state index is 0. The Bertz CT molecular complexity index is 38.1. The molecule has 0 atom stereocenters. The van der Waals surface area contributed by atoms with Crippen LogP contribution in [-0.2, 0) is 148 Å². The first-order valence-electron chi connectivity index (χ1n) is 0. The minimum atomic E-state index is 0. The molecule has 0 aliphatic rings. The second kappa shape index (κ2) is 79.3. The monoisotopic (exact) mass is 1160 g/mol. The molecular weight excluding hydrogens is 1160 g/mol.